The third-order valence-corrected chi connectivity index (χ3v) is 3.91. The number of nitrogens with zero attached hydrogens (tertiary/aromatic N) is 1. The van der Waals surface area contributed by atoms with E-state index in [4.69, 9.17) is 0 Å². The van der Waals surface area contributed by atoms with Crippen LogP contribution in [0.1, 0.15) is 36.5 Å². The van der Waals surface area contributed by atoms with Gasteiger partial charge in [0.1, 0.15) is 17.1 Å². The van der Waals surface area contributed by atoms with Crippen LogP contribution in [-0.2, 0) is 4.79 Å². The molecule has 0 aromatic heterocycles. The van der Waals surface area contributed by atoms with Gasteiger partial charge in [0.2, 0.25) is 0 Å². The number of hydrogen-bond acceptors (Lipinski definition) is 3. The van der Waals surface area contributed by atoms with Crippen LogP contribution in [0.3, 0.4) is 0 Å². The van der Waals surface area contributed by atoms with Gasteiger partial charge >= 0.3 is 5.97 Å². The topological polar surface area (TPSA) is 77.8 Å². The van der Waals surface area contributed by atoms with Gasteiger partial charge in [0, 0.05) is 12.6 Å². The van der Waals surface area contributed by atoms with E-state index >= 15 is 0 Å². The number of amides is 1. The van der Waals surface area contributed by atoms with Crippen molar-refractivity contribution in [2.45, 2.75) is 31.7 Å². The molecular formula is C14H16FNO4. The lowest BCUT2D eigenvalue weighted by Crippen LogP contribution is -2.52. The molecule has 1 aliphatic rings. The number of aromatic hydroxyl groups is 1. The molecule has 6 heteroatoms. The van der Waals surface area contributed by atoms with Crippen molar-refractivity contribution < 1.29 is 24.2 Å². The predicted octanol–water partition coefficient (Wildman–Crippen LogP) is 2.00. The molecule has 0 spiro atoms. The fourth-order valence-corrected chi connectivity index (χ4v) is 2.75. The van der Waals surface area contributed by atoms with Crippen LogP contribution in [0.25, 0.3) is 0 Å². The van der Waals surface area contributed by atoms with Crippen LogP contribution in [0.15, 0.2) is 18.2 Å². The highest BCUT2D eigenvalue weighted by atomic mass is 19.1. The lowest BCUT2D eigenvalue weighted by Gasteiger charge is -2.34. The second-order valence-electron chi connectivity index (χ2n) is 4.91. The van der Waals surface area contributed by atoms with Gasteiger partial charge in [0.05, 0.1) is 5.56 Å². The minimum absolute atomic E-state index is 0.0765. The Balaban J connectivity index is 2.39. The number of carboxylic acids is 1. The zero-order valence-corrected chi connectivity index (χ0v) is 11.1. The van der Waals surface area contributed by atoms with Crippen LogP contribution in [0.4, 0.5) is 4.39 Å². The summed E-state index contributed by atoms with van der Waals surface area (Å²) in [6.45, 7) is 2.03. The first-order valence-corrected chi connectivity index (χ1v) is 6.46. The second-order valence-corrected chi connectivity index (χ2v) is 4.91. The van der Waals surface area contributed by atoms with Crippen molar-refractivity contribution >= 4 is 11.9 Å². The molecule has 2 rings (SSSR count). The summed E-state index contributed by atoms with van der Waals surface area (Å²) >= 11 is 0. The molecule has 2 N–H and O–H groups in total. The molecule has 1 atom stereocenters. The van der Waals surface area contributed by atoms with Crippen LogP contribution in [-0.4, -0.2) is 39.1 Å². The van der Waals surface area contributed by atoms with Gasteiger partial charge in [-0.15, -0.1) is 0 Å². The van der Waals surface area contributed by atoms with E-state index in [1.54, 1.807) is 6.92 Å². The van der Waals surface area contributed by atoms with E-state index in [0.29, 0.717) is 19.4 Å². The lowest BCUT2D eigenvalue weighted by atomic mass is 9.92. The average Bonchev–Trinajstić information content (AvgIpc) is 2.83. The number of likely N-dealkylation sites (tertiary alicyclic amines) is 1. The number of aliphatic carboxylic acids is 1. The number of rotatable bonds is 3. The molecule has 108 valence electrons. The van der Waals surface area contributed by atoms with Crippen molar-refractivity contribution in [2.24, 2.45) is 0 Å². The highest BCUT2D eigenvalue weighted by molar-refractivity contribution is 6.00. The Morgan fingerprint density at radius 1 is 1.45 bits per heavy atom. The molecule has 1 saturated heterocycles. The standard InChI is InChI=1S/C14H16FNO4/c1-2-14(13(19)20)6-3-7-16(14)12(18)10-5-4-9(15)8-11(10)17/h4-5,8,17H,2-3,6-7H2,1H3,(H,19,20). The number of benzene rings is 1. The first kappa shape index (κ1) is 14.3. The fraction of sp³-hybridized carbons (Fsp3) is 0.429. The summed E-state index contributed by atoms with van der Waals surface area (Å²) in [7, 11) is 0. The largest absolute Gasteiger partial charge is 0.507 e. The first-order valence-electron chi connectivity index (χ1n) is 6.46. The first-order chi connectivity index (χ1) is 9.42. The summed E-state index contributed by atoms with van der Waals surface area (Å²) in [5, 5.41) is 19.1. The molecule has 1 aromatic carbocycles. The van der Waals surface area contributed by atoms with Gasteiger partial charge in [-0.05, 0) is 31.4 Å². The minimum atomic E-state index is -1.24. The summed E-state index contributed by atoms with van der Waals surface area (Å²) in [4.78, 5) is 25.2. The highest BCUT2D eigenvalue weighted by Gasteiger charge is 2.48. The van der Waals surface area contributed by atoms with Gasteiger partial charge in [-0.25, -0.2) is 9.18 Å². The second kappa shape index (κ2) is 5.11. The van der Waals surface area contributed by atoms with E-state index in [1.165, 1.54) is 11.0 Å². The Morgan fingerprint density at radius 2 is 2.15 bits per heavy atom. The van der Waals surface area contributed by atoms with Crippen LogP contribution >= 0.6 is 0 Å². The Hall–Kier alpha value is -2.11. The van der Waals surface area contributed by atoms with E-state index in [0.717, 1.165) is 12.1 Å². The molecule has 1 aliphatic heterocycles. The van der Waals surface area contributed by atoms with E-state index in [9.17, 15) is 24.2 Å². The molecule has 0 aliphatic carbocycles. The highest BCUT2D eigenvalue weighted by Crippen LogP contribution is 2.35. The van der Waals surface area contributed by atoms with Crippen molar-refractivity contribution in [1.29, 1.82) is 0 Å². The van der Waals surface area contributed by atoms with Crippen LogP contribution in [0.2, 0.25) is 0 Å². The molecule has 0 bridgehead atoms. The third-order valence-electron chi connectivity index (χ3n) is 3.91. The third kappa shape index (κ3) is 2.11. The van der Waals surface area contributed by atoms with Gasteiger partial charge in [-0.1, -0.05) is 6.92 Å². The van der Waals surface area contributed by atoms with Crippen LogP contribution in [0.5, 0.6) is 5.75 Å². The summed E-state index contributed by atoms with van der Waals surface area (Å²) in [6, 6.07) is 3.09. The van der Waals surface area contributed by atoms with Gasteiger partial charge < -0.3 is 15.1 Å². The van der Waals surface area contributed by atoms with Crippen molar-refractivity contribution in [1.82, 2.24) is 4.90 Å². The van der Waals surface area contributed by atoms with Crippen LogP contribution in [0, 0.1) is 5.82 Å². The number of halogens is 1. The predicted molar refractivity (Wildman–Crippen MR) is 69.0 cm³/mol. The number of hydrogen-bond donors (Lipinski definition) is 2. The smallest absolute Gasteiger partial charge is 0.329 e. The van der Waals surface area contributed by atoms with Gasteiger partial charge in [0.25, 0.3) is 5.91 Å². The molecule has 5 nitrogen and oxygen atoms in total. The number of phenolic OH excluding ortho intramolecular Hbond substituents is 1. The normalized spacial score (nSPS) is 22.0. The molecule has 1 fully saturated rings. The monoisotopic (exact) mass is 281 g/mol. The number of phenols is 1. The summed E-state index contributed by atoms with van der Waals surface area (Å²) in [5.74, 6) is -2.76. The zero-order valence-electron chi connectivity index (χ0n) is 11.1. The van der Waals surface area contributed by atoms with E-state index < -0.39 is 29.0 Å². The summed E-state index contributed by atoms with van der Waals surface area (Å²) in [6.07, 6.45) is 1.26. The molecular weight excluding hydrogens is 265 g/mol. The number of carbonyl (C=O) groups is 2. The average molecular weight is 281 g/mol. The maximum atomic E-state index is 13.0. The zero-order chi connectivity index (χ0) is 14.9. The van der Waals surface area contributed by atoms with E-state index in [-0.39, 0.29) is 12.0 Å². The van der Waals surface area contributed by atoms with Crippen molar-refractivity contribution in [2.75, 3.05) is 6.54 Å². The number of carboxylic acid groups (broad SMARTS) is 1. The molecule has 1 aromatic rings. The van der Waals surface area contributed by atoms with Gasteiger partial charge in [0.15, 0.2) is 0 Å². The SMILES string of the molecule is CCC1(C(=O)O)CCCN1C(=O)c1ccc(F)cc1O. The Labute approximate surface area is 115 Å². The summed E-state index contributed by atoms with van der Waals surface area (Å²) < 4.78 is 13.0. The summed E-state index contributed by atoms with van der Waals surface area (Å²) in [5.41, 5.74) is -1.31. The Kier molecular flexibility index (Phi) is 3.65. The van der Waals surface area contributed by atoms with Crippen LogP contribution < -0.4 is 0 Å². The van der Waals surface area contributed by atoms with Gasteiger partial charge in [-0.2, -0.15) is 0 Å². The van der Waals surface area contributed by atoms with E-state index in [1.807, 2.05) is 0 Å². The Bertz CT molecular complexity index is 560. The maximum absolute atomic E-state index is 13.0. The maximum Gasteiger partial charge on any atom is 0.329 e. The molecule has 0 radical (unpaired) electrons. The van der Waals surface area contributed by atoms with Gasteiger partial charge in [-0.3, -0.25) is 4.79 Å². The van der Waals surface area contributed by atoms with E-state index in [2.05, 4.69) is 0 Å². The number of carbonyl (C=O) groups excluding carboxylic acids is 1. The fourth-order valence-electron chi connectivity index (χ4n) is 2.75. The lowest BCUT2D eigenvalue weighted by molar-refractivity contribution is -0.148. The molecule has 20 heavy (non-hydrogen) atoms. The molecule has 0 saturated carbocycles. The molecule has 1 amide bonds. The Morgan fingerprint density at radius 3 is 2.70 bits per heavy atom. The minimum Gasteiger partial charge on any atom is -0.507 e. The molecule has 1 unspecified atom stereocenters. The van der Waals surface area contributed by atoms with Crippen molar-refractivity contribution in [3.63, 3.8) is 0 Å². The van der Waals surface area contributed by atoms with Crippen molar-refractivity contribution in [3.05, 3.63) is 29.6 Å². The quantitative estimate of drug-likeness (QED) is 0.888. The van der Waals surface area contributed by atoms with Crippen molar-refractivity contribution in [3.8, 4) is 5.75 Å². The molecule has 1 heterocycles.